The van der Waals surface area contributed by atoms with Crippen molar-refractivity contribution in [3.05, 3.63) is 11.9 Å². The van der Waals surface area contributed by atoms with Crippen molar-refractivity contribution >= 4 is 11.6 Å². The van der Waals surface area contributed by atoms with Gasteiger partial charge in [0, 0.05) is 25.7 Å². The molecule has 0 amide bonds. The van der Waals surface area contributed by atoms with E-state index in [0.29, 0.717) is 0 Å². The average molecular weight is 192 g/mol. The van der Waals surface area contributed by atoms with E-state index < -0.39 is 0 Å². The molecule has 0 saturated carbocycles. The molecular formula is C10H16N4. The Labute approximate surface area is 84.4 Å². The fourth-order valence-corrected chi connectivity index (χ4v) is 1.74. The molecule has 1 aromatic heterocycles. The molecule has 1 N–H and O–H groups in total. The summed E-state index contributed by atoms with van der Waals surface area (Å²) in [5.74, 6) is 2.07. The maximum Gasteiger partial charge on any atom is 0.137 e. The van der Waals surface area contributed by atoms with Gasteiger partial charge in [-0.3, -0.25) is 0 Å². The topological polar surface area (TPSA) is 41.1 Å². The monoisotopic (exact) mass is 192 g/mol. The van der Waals surface area contributed by atoms with E-state index in [9.17, 15) is 0 Å². The van der Waals surface area contributed by atoms with Crippen LogP contribution >= 0.6 is 0 Å². The van der Waals surface area contributed by atoms with Crippen LogP contribution in [0.25, 0.3) is 0 Å². The molecule has 1 aliphatic heterocycles. The van der Waals surface area contributed by atoms with Gasteiger partial charge in [0.2, 0.25) is 0 Å². The van der Waals surface area contributed by atoms with Gasteiger partial charge in [-0.15, -0.1) is 0 Å². The van der Waals surface area contributed by atoms with Crippen molar-refractivity contribution in [1.82, 2.24) is 9.97 Å². The van der Waals surface area contributed by atoms with Crippen LogP contribution in [-0.2, 0) is 6.42 Å². The second kappa shape index (κ2) is 3.82. The van der Waals surface area contributed by atoms with Crippen molar-refractivity contribution in [1.29, 1.82) is 0 Å². The Morgan fingerprint density at radius 3 is 2.71 bits per heavy atom. The molecule has 4 heteroatoms. The predicted molar refractivity (Wildman–Crippen MR) is 57.8 cm³/mol. The van der Waals surface area contributed by atoms with Gasteiger partial charge in [-0.2, -0.15) is 0 Å². The summed E-state index contributed by atoms with van der Waals surface area (Å²) in [6.45, 7) is 4.41. The number of rotatable bonds is 3. The van der Waals surface area contributed by atoms with E-state index in [1.54, 1.807) is 6.33 Å². The van der Waals surface area contributed by atoms with Gasteiger partial charge in [-0.1, -0.05) is 6.92 Å². The molecule has 0 atom stereocenters. The number of anilines is 2. The maximum atomic E-state index is 4.35. The van der Waals surface area contributed by atoms with Crippen LogP contribution in [-0.4, -0.2) is 30.1 Å². The summed E-state index contributed by atoms with van der Waals surface area (Å²) in [7, 11) is 1.90. The lowest BCUT2D eigenvalue weighted by atomic mass is 10.1. The molecule has 1 saturated heterocycles. The number of aromatic nitrogens is 2. The molecule has 76 valence electrons. The number of nitrogens with zero attached hydrogens (tertiary/aromatic N) is 3. The van der Waals surface area contributed by atoms with Crippen molar-refractivity contribution in [2.75, 3.05) is 30.4 Å². The fraction of sp³-hybridized carbons (Fsp3) is 0.600. The van der Waals surface area contributed by atoms with Crippen LogP contribution in [0.5, 0.6) is 0 Å². The lowest BCUT2D eigenvalue weighted by Crippen LogP contribution is -2.38. The highest BCUT2D eigenvalue weighted by atomic mass is 15.2. The molecule has 0 spiro atoms. The van der Waals surface area contributed by atoms with Gasteiger partial charge in [0.05, 0.1) is 0 Å². The molecule has 4 nitrogen and oxygen atoms in total. The van der Waals surface area contributed by atoms with Gasteiger partial charge in [0.15, 0.2) is 0 Å². The van der Waals surface area contributed by atoms with Crippen molar-refractivity contribution in [2.24, 2.45) is 0 Å². The molecular weight excluding hydrogens is 176 g/mol. The fourth-order valence-electron chi connectivity index (χ4n) is 1.74. The first-order valence-electron chi connectivity index (χ1n) is 5.13. The average Bonchev–Trinajstić information content (AvgIpc) is 2.15. The van der Waals surface area contributed by atoms with Crippen molar-refractivity contribution < 1.29 is 0 Å². The first-order chi connectivity index (χ1) is 6.86. The lowest BCUT2D eigenvalue weighted by molar-refractivity contribution is 0.605. The van der Waals surface area contributed by atoms with Crippen molar-refractivity contribution in [3.8, 4) is 0 Å². The quantitative estimate of drug-likeness (QED) is 0.783. The second-order valence-electron chi connectivity index (χ2n) is 3.47. The molecule has 1 fully saturated rings. The summed E-state index contributed by atoms with van der Waals surface area (Å²) >= 11 is 0. The third-order valence-electron chi connectivity index (χ3n) is 2.67. The first kappa shape index (κ1) is 9.24. The third kappa shape index (κ3) is 1.41. The van der Waals surface area contributed by atoms with Crippen molar-refractivity contribution in [3.63, 3.8) is 0 Å². The standard InChI is InChI=1S/C10H16N4/c1-3-8-9(11-2)12-7-13-10(8)14-5-4-6-14/h7H,3-6H2,1-2H3,(H,11,12,13). The zero-order valence-corrected chi connectivity index (χ0v) is 8.75. The Balaban J connectivity index is 2.36. The summed E-state index contributed by atoms with van der Waals surface area (Å²) in [5, 5.41) is 3.11. The van der Waals surface area contributed by atoms with E-state index in [1.165, 1.54) is 12.0 Å². The van der Waals surface area contributed by atoms with E-state index >= 15 is 0 Å². The van der Waals surface area contributed by atoms with Crippen LogP contribution in [0.4, 0.5) is 11.6 Å². The minimum absolute atomic E-state index is 0.962. The van der Waals surface area contributed by atoms with E-state index in [1.807, 2.05) is 7.05 Å². The Bertz CT molecular complexity index is 320. The summed E-state index contributed by atoms with van der Waals surface area (Å²) in [4.78, 5) is 10.9. The smallest absolute Gasteiger partial charge is 0.137 e. The Morgan fingerprint density at radius 1 is 1.43 bits per heavy atom. The SMILES string of the molecule is CCc1c(NC)ncnc1N1CCC1. The summed E-state index contributed by atoms with van der Waals surface area (Å²) in [5.41, 5.74) is 1.23. The highest BCUT2D eigenvalue weighted by molar-refractivity contribution is 5.59. The molecule has 2 heterocycles. The Morgan fingerprint density at radius 2 is 2.21 bits per heavy atom. The molecule has 1 aromatic rings. The lowest BCUT2D eigenvalue weighted by Gasteiger charge is -2.33. The minimum atomic E-state index is 0.962. The summed E-state index contributed by atoms with van der Waals surface area (Å²) in [6.07, 6.45) is 3.89. The molecule has 0 unspecified atom stereocenters. The van der Waals surface area contributed by atoms with Crippen LogP contribution in [0, 0.1) is 0 Å². The molecule has 14 heavy (non-hydrogen) atoms. The predicted octanol–water partition coefficient (Wildman–Crippen LogP) is 1.29. The number of hydrogen-bond donors (Lipinski definition) is 1. The summed E-state index contributed by atoms with van der Waals surface area (Å²) in [6, 6.07) is 0. The molecule has 1 aliphatic rings. The molecule has 2 rings (SSSR count). The van der Waals surface area contributed by atoms with E-state index in [4.69, 9.17) is 0 Å². The van der Waals surface area contributed by atoms with E-state index in [-0.39, 0.29) is 0 Å². The van der Waals surface area contributed by atoms with Gasteiger partial charge in [0.25, 0.3) is 0 Å². The second-order valence-corrected chi connectivity index (χ2v) is 3.47. The van der Waals surface area contributed by atoms with Crippen molar-refractivity contribution in [2.45, 2.75) is 19.8 Å². The van der Waals surface area contributed by atoms with Crippen LogP contribution in [0.1, 0.15) is 18.9 Å². The van der Waals surface area contributed by atoms with E-state index in [0.717, 1.165) is 31.1 Å². The van der Waals surface area contributed by atoms with Crippen LogP contribution in [0.2, 0.25) is 0 Å². The van der Waals surface area contributed by atoms with Gasteiger partial charge in [-0.25, -0.2) is 9.97 Å². The summed E-state index contributed by atoms with van der Waals surface area (Å²) < 4.78 is 0. The normalized spacial score (nSPS) is 15.1. The largest absolute Gasteiger partial charge is 0.373 e. The zero-order valence-electron chi connectivity index (χ0n) is 8.75. The molecule has 0 aliphatic carbocycles. The first-order valence-corrected chi connectivity index (χ1v) is 5.13. The number of hydrogen-bond acceptors (Lipinski definition) is 4. The van der Waals surface area contributed by atoms with Gasteiger partial charge >= 0.3 is 0 Å². The molecule has 0 bridgehead atoms. The van der Waals surface area contributed by atoms with Crippen LogP contribution in [0.15, 0.2) is 6.33 Å². The Kier molecular flexibility index (Phi) is 2.52. The van der Waals surface area contributed by atoms with E-state index in [2.05, 4.69) is 27.1 Å². The maximum absolute atomic E-state index is 4.35. The Hall–Kier alpha value is -1.32. The molecule has 0 radical (unpaired) electrons. The highest BCUT2D eigenvalue weighted by Gasteiger charge is 2.20. The minimum Gasteiger partial charge on any atom is -0.373 e. The van der Waals surface area contributed by atoms with Gasteiger partial charge in [0.1, 0.15) is 18.0 Å². The molecule has 0 aromatic carbocycles. The van der Waals surface area contributed by atoms with Gasteiger partial charge in [-0.05, 0) is 12.8 Å². The highest BCUT2D eigenvalue weighted by Crippen LogP contribution is 2.26. The van der Waals surface area contributed by atoms with Crippen LogP contribution in [0.3, 0.4) is 0 Å². The van der Waals surface area contributed by atoms with Crippen LogP contribution < -0.4 is 10.2 Å². The third-order valence-corrected chi connectivity index (χ3v) is 2.67. The van der Waals surface area contributed by atoms with Gasteiger partial charge < -0.3 is 10.2 Å². The zero-order chi connectivity index (χ0) is 9.97. The number of nitrogens with one attached hydrogen (secondary N) is 1.